The van der Waals surface area contributed by atoms with Gasteiger partial charge in [0.25, 0.3) is 0 Å². The molecule has 44 heavy (non-hydrogen) atoms. The lowest BCUT2D eigenvalue weighted by Crippen LogP contribution is -2.42. The summed E-state index contributed by atoms with van der Waals surface area (Å²) in [6, 6.07) is 26.0. The second kappa shape index (κ2) is 18.8. The fourth-order valence-corrected chi connectivity index (χ4v) is 4.57. The second-order valence-corrected chi connectivity index (χ2v) is 10.5. The Bertz CT molecular complexity index is 1330. The zero-order valence-corrected chi connectivity index (χ0v) is 25.0. The fraction of sp³-hybridized carbons (Fsp3) is 0.306. The number of carbonyl (C=O) groups is 3. The van der Waals surface area contributed by atoms with Crippen molar-refractivity contribution in [1.29, 1.82) is 0 Å². The number of aliphatic hydroxyl groups is 1. The summed E-state index contributed by atoms with van der Waals surface area (Å²) in [6.07, 6.45) is 3.85. The van der Waals surface area contributed by atoms with Crippen LogP contribution in [0.15, 0.2) is 110 Å². The number of allylic oxidation sites excluding steroid dienone is 2. The van der Waals surface area contributed by atoms with E-state index in [1.807, 2.05) is 84.9 Å². The number of hydrogen-bond acceptors (Lipinski definition) is 6. The minimum atomic E-state index is -0.680. The van der Waals surface area contributed by atoms with Gasteiger partial charge in [0.15, 0.2) is 0 Å². The van der Waals surface area contributed by atoms with Crippen molar-refractivity contribution in [2.75, 3.05) is 13.2 Å². The molecule has 0 aliphatic rings. The second-order valence-electron chi connectivity index (χ2n) is 10.5. The van der Waals surface area contributed by atoms with Crippen LogP contribution >= 0.6 is 0 Å². The first-order valence-electron chi connectivity index (χ1n) is 14.8. The minimum Gasteiger partial charge on any atom is -0.489 e. The van der Waals surface area contributed by atoms with E-state index in [2.05, 4.69) is 23.8 Å². The SMILES string of the molecule is C=CCCC(=O)O[C@H](CNC(=O)[C@H](CC=C)CC(=O)N[C@H](CO)Cc1ccc(OCc2ccccc2)cc1)c1ccccc1. The van der Waals surface area contributed by atoms with Crippen molar-refractivity contribution in [2.24, 2.45) is 5.92 Å². The molecule has 8 nitrogen and oxygen atoms in total. The topological polar surface area (TPSA) is 114 Å². The van der Waals surface area contributed by atoms with E-state index in [0.717, 1.165) is 22.4 Å². The van der Waals surface area contributed by atoms with Crippen molar-refractivity contribution < 1.29 is 29.0 Å². The third-order valence-electron chi connectivity index (χ3n) is 6.95. The number of aliphatic hydroxyl groups excluding tert-OH is 1. The third kappa shape index (κ3) is 11.9. The van der Waals surface area contributed by atoms with E-state index in [9.17, 15) is 19.5 Å². The quantitative estimate of drug-likeness (QED) is 0.129. The molecule has 0 unspecified atom stereocenters. The normalized spacial score (nSPS) is 12.7. The Labute approximate surface area is 259 Å². The highest BCUT2D eigenvalue weighted by Crippen LogP contribution is 2.19. The lowest BCUT2D eigenvalue weighted by molar-refractivity contribution is -0.150. The number of amides is 2. The molecule has 3 atom stereocenters. The van der Waals surface area contributed by atoms with Crippen molar-refractivity contribution in [3.05, 3.63) is 127 Å². The molecule has 0 heterocycles. The molecular formula is C36H42N2O6. The molecule has 0 spiro atoms. The summed E-state index contributed by atoms with van der Waals surface area (Å²) in [5.74, 6) is -1.05. The lowest BCUT2D eigenvalue weighted by Gasteiger charge is -2.22. The number of nitrogens with one attached hydrogen (secondary N) is 2. The fourth-order valence-electron chi connectivity index (χ4n) is 4.57. The van der Waals surface area contributed by atoms with Crippen LogP contribution in [0.2, 0.25) is 0 Å². The molecular weight excluding hydrogens is 556 g/mol. The molecule has 0 radical (unpaired) electrons. The summed E-state index contributed by atoms with van der Waals surface area (Å²) in [5.41, 5.74) is 2.74. The van der Waals surface area contributed by atoms with Gasteiger partial charge in [-0.05, 0) is 48.1 Å². The summed E-state index contributed by atoms with van der Waals surface area (Å²) in [6.45, 7) is 7.62. The van der Waals surface area contributed by atoms with Gasteiger partial charge in [-0.15, -0.1) is 13.2 Å². The molecule has 3 aromatic carbocycles. The van der Waals surface area contributed by atoms with Crippen molar-refractivity contribution in [2.45, 2.75) is 50.9 Å². The van der Waals surface area contributed by atoms with E-state index in [4.69, 9.17) is 9.47 Å². The van der Waals surface area contributed by atoms with Crippen LogP contribution in [0.5, 0.6) is 5.75 Å². The molecule has 3 N–H and O–H groups in total. The molecule has 0 aliphatic heterocycles. The highest BCUT2D eigenvalue weighted by atomic mass is 16.5. The van der Waals surface area contributed by atoms with E-state index in [-0.39, 0.29) is 50.2 Å². The van der Waals surface area contributed by atoms with Crippen molar-refractivity contribution in [3.8, 4) is 5.75 Å². The largest absolute Gasteiger partial charge is 0.489 e. The van der Waals surface area contributed by atoms with Crippen molar-refractivity contribution in [3.63, 3.8) is 0 Å². The summed E-state index contributed by atoms with van der Waals surface area (Å²) in [7, 11) is 0. The van der Waals surface area contributed by atoms with E-state index >= 15 is 0 Å². The van der Waals surface area contributed by atoms with Crippen molar-refractivity contribution >= 4 is 17.8 Å². The zero-order valence-electron chi connectivity index (χ0n) is 25.0. The Morgan fingerprint density at radius 1 is 0.864 bits per heavy atom. The standard InChI is InChI=1S/C36H42N2O6/c1-3-5-17-35(41)44-33(29-15-10-7-11-16-29)24-37-36(42)30(12-4-2)23-34(40)38-31(25-39)22-27-18-20-32(21-19-27)43-26-28-13-8-6-9-14-28/h3-4,6-11,13-16,18-21,30-31,33,39H,1-2,5,12,17,22-26H2,(H,37,42)(H,38,40)/t30-,31+,33-/m1/s1. The first kappa shape index (κ1) is 33.8. The molecule has 2 amide bonds. The summed E-state index contributed by atoms with van der Waals surface area (Å²) in [4.78, 5) is 38.4. The molecule has 3 rings (SSSR count). The van der Waals surface area contributed by atoms with Gasteiger partial charge in [-0.25, -0.2) is 0 Å². The maximum absolute atomic E-state index is 13.1. The Hall–Kier alpha value is -4.69. The van der Waals surface area contributed by atoms with Crippen LogP contribution in [-0.2, 0) is 32.1 Å². The average molecular weight is 599 g/mol. The van der Waals surface area contributed by atoms with E-state index < -0.39 is 18.1 Å². The highest BCUT2D eigenvalue weighted by Gasteiger charge is 2.24. The molecule has 0 aliphatic carbocycles. The maximum Gasteiger partial charge on any atom is 0.306 e. The van der Waals surface area contributed by atoms with Gasteiger partial charge in [0, 0.05) is 12.8 Å². The van der Waals surface area contributed by atoms with Crippen LogP contribution in [0, 0.1) is 5.92 Å². The van der Waals surface area contributed by atoms with Gasteiger partial charge in [0.1, 0.15) is 18.5 Å². The Balaban J connectivity index is 1.52. The average Bonchev–Trinajstić information content (AvgIpc) is 3.05. The van der Waals surface area contributed by atoms with E-state index in [0.29, 0.717) is 19.4 Å². The predicted molar refractivity (Wildman–Crippen MR) is 171 cm³/mol. The van der Waals surface area contributed by atoms with Gasteiger partial charge in [0.05, 0.1) is 25.1 Å². The predicted octanol–water partition coefficient (Wildman–Crippen LogP) is 5.23. The first-order chi connectivity index (χ1) is 21.4. The van der Waals surface area contributed by atoms with E-state index in [1.165, 1.54) is 0 Å². The van der Waals surface area contributed by atoms with Gasteiger partial charge in [-0.2, -0.15) is 0 Å². The van der Waals surface area contributed by atoms with E-state index in [1.54, 1.807) is 12.2 Å². The van der Waals surface area contributed by atoms with Crippen LogP contribution in [0.25, 0.3) is 0 Å². The molecule has 8 heteroatoms. The van der Waals surface area contributed by atoms with Crippen molar-refractivity contribution in [1.82, 2.24) is 10.6 Å². The summed E-state index contributed by atoms with van der Waals surface area (Å²) in [5, 5.41) is 15.6. The number of ether oxygens (including phenoxy) is 2. The van der Waals surface area contributed by atoms with Crippen LogP contribution in [-0.4, -0.2) is 42.1 Å². The van der Waals surface area contributed by atoms with Crippen LogP contribution in [0.4, 0.5) is 0 Å². The molecule has 0 fully saturated rings. The highest BCUT2D eigenvalue weighted by molar-refractivity contribution is 5.86. The Morgan fingerprint density at radius 2 is 1.55 bits per heavy atom. The molecule has 0 saturated carbocycles. The Morgan fingerprint density at radius 3 is 2.18 bits per heavy atom. The number of hydrogen-bond donors (Lipinski definition) is 3. The summed E-state index contributed by atoms with van der Waals surface area (Å²) >= 11 is 0. The monoisotopic (exact) mass is 598 g/mol. The maximum atomic E-state index is 13.1. The minimum absolute atomic E-state index is 0.0578. The zero-order chi connectivity index (χ0) is 31.6. The smallest absolute Gasteiger partial charge is 0.306 e. The molecule has 0 aromatic heterocycles. The van der Waals surface area contributed by atoms with Gasteiger partial charge in [-0.1, -0.05) is 84.9 Å². The first-order valence-corrected chi connectivity index (χ1v) is 14.8. The van der Waals surface area contributed by atoms with Gasteiger partial charge in [-0.3, -0.25) is 14.4 Å². The molecule has 0 bridgehead atoms. The Kier molecular flexibility index (Phi) is 14.4. The van der Waals surface area contributed by atoms with Crippen LogP contribution in [0.1, 0.15) is 48.5 Å². The van der Waals surface area contributed by atoms with Gasteiger partial charge >= 0.3 is 5.97 Å². The van der Waals surface area contributed by atoms with Gasteiger partial charge in [0.2, 0.25) is 11.8 Å². The molecule has 232 valence electrons. The molecule has 3 aromatic rings. The van der Waals surface area contributed by atoms with Crippen LogP contribution in [0.3, 0.4) is 0 Å². The number of esters is 1. The third-order valence-corrected chi connectivity index (χ3v) is 6.95. The molecule has 0 saturated heterocycles. The van der Waals surface area contributed by atoms with Gasteiger partial charge < -0.3 is 25.2 Å². The number of benzene rings is 3. The van der Waals surface area contributed by atoms with Crippen LogP contribution < -0.4 is 15.4 Å². The number of carbonyl (C=O) groups excluding carboxylic acids is 3. The summed E-state index contributed by atoms with van der Waals surface area (Å²) < 4.78 is 11.5. The lowest BCUT2D eigenvalue weighted by atomic mass is 9.98. The number of rotatable bonds is 19.